The maximum Gasteiger partial charge on any atom is 0.128 e. The van der Waals surface area contributed by atoms with Gasteiger partial charge < -0.3 is 10.6 Å². The zero-order chi connectivity index (χ0) is 12.6. The molecular weight excluding hydrogens is 215 g/mol. The fourth-order valence-corrected chi connectivity index (χ4v) is 2.44. The van der Waals surface area contributed by atoms with Crippen molar-refractivity contribution in [3.8, 4) is 0 Å². The van der Waals surface area contributed by atoms with Gasteiger partial charge in [-0.15, -0.1) is 0 Å². The summed E-state index contributed by atoms with van der Waals surface area (Å²) in [6.07, 6.45) is 1.18. The molecule has 0 saturated carbocycles. The summed E-state index contributed by atoms with van der Waals surface area (Å²) >= 11 is 0. The summed E-state index contributed by atoms with van der Waals surface area (Å²) in [7, 11) is 0. The van der Waals surface area contributed by atoms with Crippen LogP contribution in [0.25, 0.3) is 0 Å². The summed E-state index contributed by atoms with van der Waals surface area (Å²) in [5.41, 5.74) is 8.13. The van der Waals surface area contributed by atoms with Crippen molar-refractivity contribution in [2.45, 2.75) is 27.2 Å². The Bertz CT molecular complexity index is 417. The quantitative estimate of drug-likeness (QED) is 0.759. The molecule has 1 fully saturated rings. The van der Waals surface area contributed by atoms with Crippen LogP contribution in [0.4, 0.5) is 15.8 Å². The van der Waals surface area contributed by atoms with Gasteiger partial charge in [0.2, 0.25) is 0 Å². The zero-order valence-corrected chi connectivity index (χ0v) is 10.8. The van der Waals surface area contributed by atoms with E-state index in [1.54, 1.807) is 6.92 Å². The van der Waals surface area contributed by atoms with Crippen LogP contribution in [0.5, 0.6) is 0 Å². The van der Waals surface area contributed by atoms with Crippen LogP contribution in [0, 0.1) is 24.6 Å². The van der Waals surface area contributed by atoms with E-state index in [9.17, 15) is 4.39 Å². The smallest absolute Gasteiger partial charge is 0.128 e. The van der Waals surface area contributed by atoms with E-state index in [1.165, 1.54) is 12.5 Å². The van der Waals surface area contributed by atoms with Gasteiger partial charge in [-0.2, -0.15) is 0 Å². The summed E-state index contributed by atoms with van der Waals surface area (Å²) in [5, 5.41) is 0. The van der Waals surface area contributed by atoms with Gasteiger partial charge in [0.05, 0.1) is 11.4 Å². The van der Waals surface area contributed by atoms with Crippen LogP contribution in [0.1, 0.15) is 25.8 Å². The molecule has 94 valence electrons. The summed E-state index contributed by atoms with van der Waals surface area (Å²) in [6, 6.07) is 3.31. The molecule has 0 aromatic heterocycles. The molecule has 2 rings (SSSR count). The van der Waals surface area contributed by atoms with E-state index in [0.29, 0.717) is 17.2 Å². The fourth-order valence-electron chi connectivity index (χ4n) is 2.44. The van der Waals surface area contributed by atoms with Gasteiger partial charge in [-0.3, -0.25) is 0 Å². The number of piperidine rings is 1. The Labute approximate surface area is 103 Å². The van der Waals surface area contributed by atoms with Gasteiger partial charge in [0, 0.05) is 13.1 Å². The van der Waals surface area contributed by atoms with Crippen LogP contribution in [0.2, 0.25) is 0 Å². The van der Waals surface area contributed by atoms with Gasteiger partial charge in [-0.05, 0) is 42.9 Å². The Kier molecular flexibility index (Phi) is 3.27. The first-order valence-electron chi connectivity index (χ1n) is 6.29. The normalized spacial score (nSPS) is 25.1. The highest BCUT2D eigenvalue weighted by atomic mass is 19.1. The Morgan fingerprint density at radius 1 is 1.29 bits per heavy atom. The van der Waals surface area contributed by atoms with Crippen LogP contribution in [-0.4, -0.2) is 13.1 Å². The fraction of sp³-hybridized carbons (Fsp3) is 0.571. The van der Waals surface area contributed by atoms with E-state index in [-0.39, 0.29) is 5.82 Å². The van der Waals surface area contributed by atoms with E-state index >= 15 is 0 Å². The Morgan fingerprint density at radius 2 is 2.00 bits per heavy atom. The van der Waals surface area contributed by atoms with Crippen LogP contribution < -0.4 is 10.6 Å². The maximum atomic E-state index is 13.4. The molecule has 1 aromatic rings. The molecule has 0 spiro atoms. The molecule has 1 aliphatic rings. The van der Waals surface area contributed by atoms with Crippen molar-refractivity contribution in [1.82, 2.24) is 0 Å². The van der Waals surface area contributed by atoms with E-state index in [2.05, 4.69) is 18.7 Å². The predicted molar refractivity (Wildman–Crippen MR) is 70.7 cm³/mol. The number of nitrogens with zero attached hydrogens (tertiary/aromatic N) is 1. The third-order valence-corrected chi connectivity index (χ3v) is 3.98. The Morgan fingerprint density at radius 3 is 2.65 bits per heavy atom. The number of halogens is 1. The third kappa shape index (κ3) is 2.38. The number of hydrogen-bond acceptors (Lipinski definition) is 2. The standard InChI is InChI=1S/C14H21FN2/c1-9-4-5-17(8-11(9)3)14-6-10(2)12(15)7-13(14)16/h6-7,9,11H,4-5,8,16H2,1-3H3. The van der Waals surface area contributed by atoms with Crippen LogP contribution in [0.3, 0.4) is 0 Å². The molecule has 0 amide bonds. The lowest BCUT2D eigenvalue weighted by Gasteiger charge is -2.37. The molecule has 2 N–H and O–H groups in total. The second-order valence-electron chi connectivity index (χ2n) is 5.35. The number of benzene rings is 1. The Hall–Kier alpha value is -1.25. The lowest BCUT2D eigenvalue weighted by atomic mass is 9.88. The molecule has 0 aliphatic carbocycles. The average Bonchev–Trinajstić information content (AvgIpc) is 2.27. The van der Waals surface area contributed by atoms with Crippen molar-refractivity contribution in [3.05, 3.63) is 23.5 Å². The number of hydrogen-bond donors (Lipinski definition) is 1. The van der Waals surface area contributed by atoms with Crippen molar-refractivity contribution in [2.75, 3.05) is 23.7 Å². The van der Waals surface area contributed by atoms with E-state index in [1.807, 2.05) is 6.07 Å². The summed E-state index contributed by atoms with van der Waals surface area (Å²) in [4.78, 5) is 2.28. The van der Waals surface area contributed by atoms with Crippen LogP contribution >= 0.6 is 0 Å². The number of nitrogens with two attached hydrogens (primary N) is 1. The predicted octanol–water partition coefficient (Wildman–Crippen LogP) is 3.20. The average molecular weight is 236 g/mol. The SMILES string of the molecule is Cc1cc(N2CCC(C)C(C)C2)c(N)cc1F. The van der Waals surface area contributed by atoms with Crippen LogP contribution in [0.15, 0.2) is 12.1 Å². The van der Waals surface area contributed by atoms with Gasteiger partial charge in [0.25, 0.3) is 0 Å². The summed E-state index contributed by atoms with van der Waals surface area (Å²) in [5.74, 6) is 1.20. The molecule has 0 bridgehead atoms. The molecule has 3 heteroatoms. The largest absolute Gasteiger partial charge is 0.397 e. The Balaban J connectivity index is 2.26. The highest BCUT2D eigenvalue weighted by Gasteiger charge is 2.24. The third-order valence-electron chi connectivity index (χ3n) is 3.98. The first kappa shape index (κ1) is 12.2. The monoisotopic (exact) mass is 236 g/mol. The van der Waals surface area contributed by atoms with Crippen LogP contribution in [-0.2, 0) is 0 Å². The van der Waals surface area contributed by atoms with Gasteiger partial charge in [-0.25, -0.2) is 4.39 Å². The zero-order valence-electron chi connectivity index (χ0n) is 10.8. The second kappa shape index (κ2) is 4.55. The van der Waals surface area contributed by atoms with Crippen molar-refractivity contribution >= 4 is 11.4 Å². The summed E-state index contributed by atoms with van der Waals surface area (Å²) in [6.45, 7) is 8.37. The molecule has 2 nitrogen and oxygen atoms in total. The maximum absolute atomic E-state index is 13.4. The molecule has 1 aliphatic heterocycles. The molecular formula is C14H21FN2. The molecule has 2 unspecified atom stereocenters. The van der Waals surface area contributed by atoms with E-state index in [4.69, 9.17) is 5.73 Å². The minimum Gasteiger partial charge on any atom is -0.397 e. The first-order chi connectivity index (χ1) is 7.99. The van der Waals surface area contributed by atoms with Gasteiger partial charge in [-0.1, -0.05) is 13.8 Å². The van der Waals surface area contributed by atoms with E-state index in [0.717, 1.165) is 24.7 Å². The second-order valence-corrected chi connectivity index (χ2v) is 5.35. The molecule has 0 radical (unpaired) electrons. The molecule has 1 heterocycles. The molecule has 2 atom stereocenters. The first-order valence-corrected chi connectivity index (χ1v) is 6.29. The minimum atomic E-state index is -0.218. The topological polar surface area (TPSA) is 29.3 Å². The van der Waals surface area contributed by atoms with Crippen molar-refractivity contribution in [2.24, 2.45) is 11.8 Å². The molecule has 1 aromatic carbocycles. The van der Waals surface area contributed by atoms with Crippen molar-refractivity contribution < 1.29 is 4.39 Å². The summed E-state index contributed by atoms with van der Waals surface area (Å²) < 4.78 is 13.4. The van der Waals surface area contributed by atoms with E-state index < -0.39 is 0 Å². The number of aryl methyl sites for hydroxylation is 1. The molecule has 17 heavy (non-hydrogen) atoms. The van der Waals surface area contributed by atoms with Crippen molar-refractivity contribution in [3.63, 3.8) is 0 Å². The van der Waals surface area contributed by atoms with Gasteiger partial charge in [0.15, 0.2) is 0 Å². The van der Waals surface area contributed by atoms with Gasteiger partial charge >= 0.3 is 0 Å². The number of nitrogen functional groups attached to an aromatic ring is 1. The van der Waals surface area contributed by atoms with Crippen molar-refractivity contribution in [1.29, 1.82) is 0 Å². The lowest BCUT2D eigenvalue weighted by molar-refractivity contribution is 0.324. The minimum absolute atomic E-state index is 0.218. The number of anilines is 2. The molecule has 1 saturated heterocycles. The highest BCUT2D eigenvalue weighted by Crippen LogP contribution is 2.32. The lowest BCUT2D eigenvalue weighted by Crippen LogP contribution is -2.38. The number of rotatable bonds is 1. The highest BCUT2D eigenvalue weighted by molar-refractivity contribution is 5.69. The van der Waals surface area contributed by atoms with Gasteiger partial charge in [0.1, 0.15) is 5.82 Å².